The summed E-state index contributed by atoms with van der Waals surface area (Å²) in [7, 11) is 0. The Labute approximate surface area is 97.6 Å². The second-order valence-corrected chi connectivity index (χ2v) is 3.84. The van der Waals surface area contributed by atoms with Crippen molar-refractivity contribution >= 4 is 16.6 Å². The van der Waals surface area contributed by atoms with Crippen LogP contribution in [0, 0.1) is 11.6 Å². The molecule has 3 nitrogen and oxygen atoms in total. The van der Waals surface area contributed by atoms with Gasteiger partial charge in [0.25, 0.3) is 0 Å². The number of nitrogens with two attached hydrogens (primary N) is 1. The van der Waals surface area contributed by atoms with Crippen LogP contribution in [0.25, 0.3) is 10.9 Å². The average Bonchev–Trinajstić information content (AvgIpc) is 2.29. The standard InChI is InChI=1S/C12H13F2N3/c1-2-3-8-6-11(17-15)9-4-7(13)5-10(14)12(9)16-8/h4-6H,2-3,15H2,1H3,(H,16,17). The Morgan fingerprint density at radius 2 is 2.06 bits per heavy atom. The van der Waals surface area contributed by atoms with Crippen molar-refractivity contribution in [2.75, 3.05) is 5.43 Å². The highest BCUT2D eigenvalue weighted by atomic mass is 19.1. The lowest BCUT2D eigenvalue weighted by molar-refractivity contribution is 0.590. The fourth-order valence-corrected chi connectivity index (χ4v) is 1.81. The number of aromatic nitrogens is 1. The van der Waals surface area contributed by atoms with Crippen molar-refractivity contribution in [3.63, 3.8) is 0 Å². The highest BCUT2D eigenvalue weighted by Gasteiger charge is 2.10. The first kappa shape index (κ1) is 11.7. The van der Waals surface area contributed by atoms with Gasteiger partial charge in [0, 0.05) is 17.1 Å². The first-order valence-electron chi connectivity index (χ1n) is 5.41. The molecule has 0 amide bonds. The van der Waals surface area contributed by atoms with Crippen LogP contribution in [0.3, 0.4) is 0 Å². The van der Waals surface area contributed by atoms with E-state index in [-0.39, 0.29) is 5.52 Å². The fraction of sp³-hybridized carbons (Fsp3) is 0.250. The van der Waals surface area contributed by atoms with E-state index in [4.69, 9.17) is 5.84 Å². The second-order valence-electron chi connectivity index (χ2n) is 3.84. The van der Waals surface area contributed by atoms with Crippen LogP contribution in [0.15, 0.2) is 18.2 Å². The maximum absolute atomic E-state index is 13.6. The van der Waals surface area contributed by atoms with Gasteiger partial charge >= 0.3 is 0 Å². The number of nitrogens with one attached hydrogen (secondary N) is 1. The summed E-state index contributed by atoms with van der Waals surface area (Å²) in [5.74, 6) is 4.04. The fourth-order valence-electron chi connectivity index (χ4n) is 1.81. The van der Waals surface area contributed by atoms with E-state index in [0.717, 1.165) is 24.6 Å². The molecule has 0 aliphatic heterocycles. The van der Waals surface area contributed by atoms with Gasteiger partial charge in [-0.25, -0.2) is 13.8 Å². The molecule has 0 atom stereocenters. The van der Waals surface area contributed by atoms with Crippen molar-refractivity contribution in [2.45, 2.75) is 19.8 Å². The van der Waals surface area contributed by atoms with Gasteiger partial charge in [0.1, 0.15) is 11.3 Å². The number of nitrogen functional groups attached to an aromatic ring is 1. The molecule has 0 fully saturated rings. The van der Waals surface area contributed by atoms with Crippen molar-refractivity contribution < 1.29 is 8.78 Å². The van der Waals surface area contributed by atoms with Gasteiger partial charge in [0.15, 0.2) is 5.82 Å². The van der Waals surface area contributed by atoms with E-state index in [0.29, 0.717) is 11.1 Å². The molecule has 1 heterocycles. The van der Waals surface area contributed by atoms with Crippen molar-refractivity contribution in [2.24, 2.45) is 5.84 Å². The van der Waals surface area contributed by atoms with Crippen LogP contribution in [0.1, 0.15) is 19.0 Å². The van der Waals surface area contributed by atoms with Gasteiger partial charge in [-0.1, -0.05) is 13.3 Å². The minimum Gasteiger partial charge on any atom is -0.323 e. The minimum atomic E-state index is -0.672. The van der Waals surface area contributed by atoms with Gasteiger partial charge in [-0.3, -0.25) is 5.84 Å². The van der Waals surface area contributed by atoms with E-state index in [9.17, 15) is 8.78 Å². The number of pyridine rings is 1. The molecule has 3 N–H and O–H groups in total. The number of nitrogens with zero attached hydrogens (tertiary/aromatic N) is 1. The molecule has 5 heteroatoms. The molecular weight excluding hydrogens is 224 g/mol. The predicted molar refractivity (Wildman–Crippen MR) is 63.5 cm³/mol. The number of hydrazine groups is 1. The maximum atomic E-state index is 13.6. The Morgan fingerprint density at radius 3 is 2.71 bits per heavy atom. The zero-order valence-electron chi connectivity index (χ0n) is 9.43. The third-order valence-corrected chi connectivity index (χ3v) is 2.55. The van der Waals surface area contributed by atoms with Crippen LogP contribution >= 0.6 is 0 Å². The molecule has 0 radical (unpaired) electrons. The van der Waals surface area contributed by atoms with Gasteiger partial charge in [-0.15, -0.1) is 0 Å². The smallest absolute Gasteiger partial charge is 0.152 e. The van der Waals surface area contributed by atoms with Gasteiger partial charge in [-0.2, -0.15) is 0 Å². The highest BCUT2D eigenvalue weighted by Crippen LogP contribution is 2.26. The second kappa shape index (κ2) is 4.63. The SMILES string of the molecule is CCCc1cc(NN)c2cc(F)cc(F)c2n1. The van der Waals surface area contributed by atoms with Crippen LogP contribution in [0.4, 0.5) is 14.5 Å². The number of halogens is 2. The normalized spacial score (nSPS) is 10.8. The highest BCUT2D eigenvalue weighted by molar-refractivity contribution is 5.91. The molecule has 0 aliphatic rings. The van der Waals surface area contributed by atoms with E-state index in [1.54, 1.807) is 6.07 Å². The number of rotatable bonds is 3. The van der Waals surface area contributed by atoms with Gasteiger partial charge < -0.3 is 5.43 Å². The maximum Gasteiger partial charge on any atom is 0.152 e. The van der Waals surface area contributed by atoms with Crippen LogP contribution in [-0.2, 0) is 6.42 Å². The topological polar surface area (TPSA) is 50.9 Å². The Hall–Kier alpha value is -1.75. The quantitative estimate of drug-likeness (QED) is 0.637. The molecule has 17 heavy (non-hydrogen) atoms. The van der Waals surface area contributed by atoms with Crippen LogP contribution in [-0.4, -0.2) is 4.98 Å². The average molecular weight is 237 g/mol. The van der Waals surface area contributed by atoms with E-state index in [1.165, 1.54) is 6.07 Å². The molecule has 0 saturated heterocycles. The molecule has 2 aromatic rings. The van der Waals surface area contributed by atoms with Gasteiger partial charge in [0.05, 0.1) is 5.69 Å². The van der Waals surface area contributed by atoms with Crippen LogP contribution < -0.4 is 11.3 Å². The molecule has 0 bridgehead atoms. The van der Waals surface area contributed by atoms with Crippen molar-refractivity contribution in [3.05, 3.63) is 35.5 Å². The van der Waals surface area contributed by atoms with Crippen molar-refractivity contribution in [3.8, 4) is 0 Å². The summed E-state index contributed by atoms with van der Waals surface area (Å²) in [5.41, 5.74) is 3.81. The molecule has 0 aliphatic carbocycles. The molecular formula is C12H13F2N3. The lowest BCUT2D eigenvalue weighted by Gasteiger charge is -2.09. The van der Waals surface area contributed by atoms with E-state index in [1.807, 2.05) is 6.92 Å². The summed E-state index contributed by atoms with van der Waals surface area (Å²) >= 11 is 0. The summed E-state index contributed by atoms with van der Waals surface area (Å²) in [5, 5.41) is 0.352. The lowest BCUT2D eigenvalue weighted by atomic mass is 10.1. The number of hydrogen-bond donors (Lipinski definition) is 2. The predicted octanol–water partition coefficient (Wildman–Crippen LogP) is 2.75. The van der Waals surface area contributed by atoms with Crippen molar-refractivity contribution in [1.82, 2.24) is 4.98 Å². The third kappa shape index (κ3) is 2.19. The van der Waals surface area contributed by atoms with E-state index < -0.39 is 11.6 Å². The number of anilines is 1. The molecule has 1 aromatic carbocycles. The lowest BCUT2D eigenvalue weighted by Crippen LogP contribution is -2.09. The van der Waals surface area contributed by atoms with Gasteiger partial charge in [-0.05, 0) is 18.6 Å². The molecule has 1 aromatic heterocycles. The van der Waals surface area contributed by atoms with Crippen molar-refractivity contribution in [1.29, 1.82) is 0 Å². The summed E-state index contributed by atoms with van der Waals surface area (Å²) in [6, 6.07) is 3.76. The number of aryl methyl sites for hydroxylation is 1. The first-order chi connectivity index (χ1) is 8.15. The first-order valence-corrected chi connectivity index (χ1v) is 5.41. The minimum absolute atomic E-state index is 0.144. The third-order valence-electron chi connectivity index (χ3n) is 2.55. The monoisotopic (exact) mass is 237 g/mol. The summed E-state index contributed by atoms with van der Waals surface area (Å²) < 4.78 is 26.7. The zero-order valence-corrected chi connectivity index (χ0v) is 9.43. The van der Waals surface area contributed by atoms with Gasteiger partial charge in [0.2, 0.25) is 0 Å². The Kier molecular flexibility index (Phi) is 3.19. The molecule has 0 spiro atoms. The molecule has 2 rings (SSSR count). The van der Waals surface area contributed by atoms with E-state index >= 15 is 0 Å². The number of benzene rings is 1. The number of hydrogen-bond acceptors (Lipinski definition) is 3. The summed E-state index contributed by atoms with van der Waals surface area (Å²) in [6.45, 7) is 2.00. The largest absolute Gasteiger partial charge is 0.323 e. The Balaban J connectivity index is 2.73. The van der Waals surface area contributed by atoms with Crippen LogP contribution in [0.5, 0.6) is 0 Å². The molecule has 90 valence electrons. The molecule has 0 saturated carbocycles. The zero-order chi connectivity index (χ0) is 12.4. The summed E-state index contributed by atoms with van der Waals surface area (Å²) in [4.78, 5) is 4.18. The van der Waals surface area contributed by atoms with Crippen LogP contribution in [0.2, 0.25) is 0 Å². The Morgan fingerprint density at radius 1 is 1.29 bits per heavy atom. The Bertz CT molecular complexity index is 555. The summed E-state index contributed by atoms with van der Waals surface area (Å²) in [6.07, 6.45) is 1.62. The number of fused-ring (bicyclic) bond motifs is 1. The van der Waals surface area contributed by atoms with E-state index in [2.05, 4.69) is 10.4 Å². The molecule has 0 unspecified atom stereocenters.